The van der Waals surface area contributed by atoms with Gasteiger partial charge in [-0.2, -0.15) is 9.29 Å². The van der Waals surface area contributed by atoms with Crippen LogP contribution in [0.25, 0.3) is 11.4 Å². The third-order valence-corrected chi connectivity index (χ3v) is 7.25. The Bertz CT molecular complexity index is 1160. The van der Waals surface area contributed by atoms with Crippen molar-refractivity contribution in [1.82, 2.24) is 19.8 Å². The Morgan fingerprint density at radius 2 is 1.94 bits per heavy atom. The first-order chi connectivity index (χ1) is 15.5. The van der Waals surface area contributed by atoms with Gasteiger partial charge < -0.3 is 14.6 Å². The molecule has 32 heavy (non-hydrogen) atoms. The Hall–Kier alpha value is -3.24. The average molecular weight is 457 g/mol. The lowest BCUT2D eigenvalue weighted by molar-refractivity contribution is -0.126. The Morgan fingerprint density at radius 3 is 2.66 bits per heavy atom. The number of rotatable bonds is 7. The number of aromatic nitrogens is 2. The zero-order chi connectivity index (χ0) is 22.6. The summed E-state index contributed by atoms with van der Waals surface area (Å²) in [6, 6.07) is 15.5. The molecule has 9 nitrogen and oxygen atoms in total. The number of hydrogen-bond acceptors (Lipinski definition) is 7. The van der Waals surface area contributed by atoms with Crippen LogP contribution in [-0.4, -0.2) is 49.0 Å². The predicted molar refractivity (Wildman–Crippen MR) is 116 cm³/mol. The second-order valence-electron chi connectivity index (χ2n) is 7.47. The number of carbonyl (C=O) groups excluding carboxylic acids is 1. The van der Waals surface area contributed by atoms with Gasteiger partial charge >= 0.3 is 0 Å². The number of sulfonamides is 1. The molecule has 0 bridgehead atoms. The minimum atomic E-state index is -3.62. The van der Waals surface area contributed by atoms with Gasteiger partial charge in [0.2, 0.25) is 27.6 Å². The molecule has 0 spiro atoms. The molecule has 0 aliphatic carbocycles. The first kappa shape index (κ1) is 22.0. The highest BCUT2D eigenvalue weighted by atomic mass is 32.2. The summed E-state index contributed by atoms with van der Waals surface area (Å²) in [7, 11) is -2.03. The van der Waals surface area contributed by atoms with Gasteiger partial charge in [-0.25, -0.2) is 8.42 Å². The molecule has 1 aliphatic rings. The summed E-state index contributed by atoms with van der Waals surface area (Å²) < 4.78 is 37.5. The van der Waals surface area contributed by atoms with Crippen molar-refractivity contribution in [2.45, 2.75) is 24.3 Å². The summed E-state index contributed by atoms with van der Waals surface area (Å²) in [4.78, 5) is 17.2. The molecule has 2 aromatic carbocycles. The largest absolute Gasteiger partial charge is 0.497 e. The minimum absolute atomic E-state index is 0.0733. The summed E-state index contributed by atoms with van der Waals surface area (Å²) in [5.74, 6) is 0.734. The normalized spacial score (nSPS) is 17.1. The summed E-state index contributed by atoms with van der Waals surface area (Å²) in [5.41, 5.74) is 0.765. The number of ether oxygens (including phenoxy) is 1. The molecular formula is C22H24N4O5S. The number of carbonyl (C=O) groups is 1. The lowest BCUT2D eigenvalue weighted by Gasteiger charge is -2.31. The Morgan fingerprint density at radius 1 is 1.19 bits per heavy atom. The van der Waals surface area contributed by atoms with Crippen LogP contribution in [0.5, 0.6) is 5.75 Å². The van der Waals surface area contributed by atoms with E-state index in [-0.39, 0.29) is 29.8 Å². The fraction of sp³-hybridized carbons (Fsp3) is 0.318. The number of nitrogens with one attached hydrogen (secondary N) is 1. The van der Waals surface area contributed by atoms with Crippen molar-refractivity contribution < 1.29 is 22.5 Å². The number of methoxy groups -OCH3 is 1. The molecule has 1 atom stereocenters. The number of nitrogens with zero attached hydrogens (tertiary/aromatic N) is 3. The molecule has 4 rings (SSSR count). The van der Waals surface area contributed by atoms with Crippen LogP contribution in [0.2, 0.25) is 0 Å². The van der Waals surface area contributed by atoms with E-state index in [4.69, 9.17) is 9.26 Å². The van der Waals surface area contributed by atoms with Gasteiger partial charge in [0, 0.05) is 18.7 Å². The summed E-state index contributed by atoms with van der Waals surface area (Å²) in [6.45, 7) is 0.615. The standard InChI is InChI=1S/C22H24N4O5S/c1-30-18-11-9-16(10-12-18)21-24-20(31-25-21)14-23-22(27)17-6-5-13-26(15-17)32(28,29)19-7-3-2-4-8-19/h2-4,7-12,17H,5-6,13-15H2,1H3,(H,23,27)/t17-/m1/s1. The lowest BCUT2D eigenvalue weighted by Crippen LogP contribution is -2.45. The molecule has 10 heteroatoms. The number of hydrogen-bond donors (Lipinski definition) is 1. The second-order valence-corrected chi connectivity index (χ2v) is 9.41. The SMILES string of the molecule is COc1ccc(-c2noc(CNC(=O)[C@@H]3CCCN(S(=O)(=O)c4ccccc4)C3)n2)cc1. The van der Waals surface area contributed by atoms with Gasteiger partial charge in [0.1, 0.15) is 5.75 Å². The van der Waals surface area contributed by atoms with Crippen molar-refractivity contribution in [3.05, 3.63) is 60.5 Å². The fourth-order valence-electron chi connectivity index (χ4n) is 3.61. The van der Waals surface area contributed by atoms with Crippen molar-refractivity contribution in [2.75, 3.05) is 20.2 Å². The Balaban J connectivity index is 1.35. The fourth-order valence-corrected chi connectivity index (χ4v) is 5.15. The van der Waals surface area contributed by atoms with Gasteiger partial charge in [0.15, 0.2) is 0 Å². The smallest absolute Gasteiger partial charge is 0.246 e. The molecule has 0 unspecified atom stereocenters. The number of benzene rings is 2. The third kappa shape index (κ3) is 4.81. The lowest BCUT2D eigenvalue weighted by atomic mass is 9.99. The topological polar surface area (TPSA) is 115 Å². The van der Waals surface area contributed by atoms with Gasteiger partial charge in [-0.05, 0) is 49.2 Å². The van der Waals surface area contributed by atoms with E-state index in [2.05, 4.69) is 15.5 Å². The summed E-state index contributed by atoms with van der Waals surface area (Å²) in [5, 5.41) is 6.73. The highest BCUT2D eigenvalue weighted by Gasteiger charge is 2.33. The maximum atomic E-state index is 12.9. The number of amides is 1. The van der Waals surface area contributed by atoms with Crippen LogP contribution in [0.15, 0.2) is 64.0 Å². The second kappa shape index (κ2) is 9.49. The van der Waals surface area contributed by atoms with Gasteiger partial charge in [-0.15, -0.1) is 0 Å². The van der Waals surface area contributed by atoms with E-state index in [0.29, 0.717) is 25.2 Å². The molecule has 1 saturated heterocycles. The quantitative estimate of drug-likeness (QED) is 0.581. The minimum Gasteiger partial charge on any atom is -0.497 e. The average Bonchev–Trinajstić information content (AvgIpc) is 3.32. The van der Waals surface area contributed by atoms with E-state index < -0.39 is 15.9 Å². The van der Waals surface area contributed by atoms with E-state index in [1.165, 1.54) is 4.31 Å². The molecule has 0 saturated carbocycles. The van der Waals surface area contributed by atoms with E-state index in [0.717, 1.165) is 11.3 Å². The van der Waals surface area contributed by atoms with Crippen LogP contribution >= 0.6 is 0 Å². The molecule has 0 radical (unpaired) electrons. The first-order valence-electron chi connectivity index (χ1n) is 10.3. The maximum absolute atomic E-state index is 12.9. The summed E-state index contributed by atoms with van der Waals surface area (Å²) >= 11 is 0. The van der Waals surface area contributed by atoms with Crippen LogP contribution in [0, 0.1) is 5.92 Å². The Kier molecular flexibility index (Phi) is 6.52. The third-order valence-electron chi connectivity index (χ3n) is 5.37. The van der Waals surface area contributed by atoms with Crippen LogP contribution in [0.4, 0.5) is 0 Å². The van der Waals surface area contributed by atoms with Crippen molar-refractivity contribution in [3.63, 3.8) is 0 Å². The molecule has 1 amide bonds. The first-order valence-corrected chi connectivity index (χ1v) is 11.7. The van der Waals surface area contributed by atoms with Gasteiger partial charge in [-0.1, -0.05) is 23.4 Å². The van der Waals surface area contributed by atoms with Gasteiger partial charge in [-0.3, -0.25) is 4.79 Å². The van der Waals surface area contributed by atoms with Crippen LogP contribution in [0.1, 0.15) is 18.7 Å². The Labute approximate surface area is 186 Å². The predicted octanol–water partition coefficient (Wildman–Crippen LogP) is 2.46. The van der Waals surface area contributed by atoms with Crippen molar-refractivity contribution >= 4 is 15.9 Å². The van der Waals surface area contributed by atoms with Gasteiger partial charge in [0.05, 0.1) is 24.5 Å². The molecule has 3 aromatic rings. The highest BCUT2D eigenvalue weighted by molar-refractivity contribution is 7.89. The van der Waals surface area contributed by atoms with Crippen molar-refractivity contribution in [3.8, 4) is 17.1 Å². The zero-order valence-corrected chi connectivity index (χ0v) is 18.4. The molecule has 2 heterocycles. The van der Waals surface area contributed by atoms with E-state index >= 15 is 0 Å². The van der Waals surface area contributed by atoms with E-state index in [1.807, 2.05) is 12.1 Å². The maximum Gasteiger partial charge on any atom is 0.246 e. The van der Waals surface area contributed by atoms with E-state index in [1.54, 1.807) is 49.6 Å². The van der Waals surface area contributed by atoms with Crippen LogP contribution < -0.4 is 10.1 Å². The van der Waals surface area contributed by atoms with Crippen molar-refractivity contribution in [2.24, 2.45) is 5.92 Å². The monoisotopic (exact) mass is 456 g/mol. The molecule has 1 fully saturated rings. The molecule has 168 valence electrons. The molecule has 1 aromatic heterocycles. The number of piperidine rings is 1. The zero-order valence-electron chi connectivity index (χ0n) is 17.6. The molecule has 1 aliphatic heterocycles. The van der Waals surface area contributed by atoms with E-state index in [9.17, 15) is 13.2 Å². The molecule has 1 N–H and O–H groups in total. The molecular weight excluding hydrogens is 432 g/mol. The highest BCUT2D eigenvalue weighted by Crippen LogP contribution is 2.24. The van der Waals surface area contributed by atoms with Gasteiger partial charge in [0.25, 0.3) is 0 Å². The van der Waals surface area contributed by atoms with Crippen LogP contribution in [-0.2, 0) is 21.4 Å². The summed E-state index contributed by atoms with van der Waals surface area (Å²) in [6.07, 6.45) is 1.24. The van der Waals surface area contributed by atoms with Crippen molar-refractivity contribution in [1.29, 1.82) is 0 Å². The van der Waals surface area contributed by atoms with Crippen LogP contribution in [0.3, 0.4) is 0 Å².